The van der Waals surface area contributed by atoms with Gasteiger partial charge in [-0.3, -0.25) is 0 Å². The number of methoxy groups -OCH3 is 2. The van der Waals surface area contributed by atoms with Crippen LogP contribution in [-0.2, 0) is 0 Å². The number of pyridine rings is 1. The SMILES string of the molecule is COc1cccc(OC)c1C1CCC(N2CCCCC2)CC1.Nc1ccccn1. The van der Waals surface area contributed by atoms with Gasteiger partial charge in [0.15, 0.2) is 0 Å². The van der Waals surface area contributed by atoms with Crippen LogP contribution in [-0.4, -0.2) is 43.2 Å². The Kier molecular flexibility index (Phi) is 8.17. The number of piperidine rings is 1. The van der Waals surface area contributed by atoms with E-state index in [2.05, 4.69) is 22.0 Å². The number of anilines is 1. The van der Waals surface area contributed by atoms with Gasteiger partial charge in [-0.25, -0.2) is 4.98 Å². The largest absolute Gasteiger partial charge is 0.496 e. The Morgan fingerprint density at radius 1 is 0.862 bits per heavy atom. The zero-order valence-corrected chi connectivity index (χ0v) is 17.8. The fourth-order valence-corrected chi connectivity index (χ4v) is 4.67. The number of nitrogens with zero attached hydrogens (tertiary/aromatic N) is 2. The highest BCUT2D eigenvalue weighted by Crippen LogP contribution is 2.43. The standard InChI is InChI=1S/C19H29NO2.C5H6N2/c1-21-17-7-6-8-18(22-2)19(17)15-9-11-16(12-10-15)20-13-4-3-5-14-20;6-5-3-1-2-4-7-5/h6-8,15-16H,3-5,9-14H2,1-2H3;1-4H,(H2,6,7). The van der Waals surface area contributed by atoms with Crippen LogP contribution in [0.4, 0.5) is 5.82 Å². The van der Waals surface area contributed by atoms with Crippen LogP contribution in [0.1, 0.15) is 56.4 Å². The van der Waals surface area contributed by atoms with Crippen molar-refractivity contribution in [2.24, 2.45) is 0 Å². The predicted octanol–water partition coefficient (Wildman–Crippen LogP) is 4.88. The van der Waals surface area contributed by atoms with Crippen molar-refractivity contribution in [3.05, 3.63) is 48.2 Å². The molecule has 0 amide bonds. The van der Waals surface area contributed by atoms with Gasteiger partial charge in [0, 0.05) is 17.8 Å². The molecular formula is C24H35N3O2. The number of benzene rings is 1. The van der Waals surface area contributed by atoms with Crippen molar-refractivity contribution in [1.29, 1.82) is 0 Å². The first-order valence-corrected chi connectivity index (χ1v) is 10.8. The third kappa shape index (κ3) is 5.86. The quantitative estimate of drug-likeness (QED) is 0.797. The second-order valence-electron chi connectivity index (χ2n) is 7.93. The Morgan fingerprint density at radius 3 is 2.00 bits per heavy atom. The number of hydrogen-bond donors (Lipinski definition) is 1. The van der Waals surface area contributed by atoms with Gasteiger partial charge < -0.3 is 20.1 Å². The summed E-state index contributed by atoms with van der Waals surface area (Å²) < 4.78 is 11.2. The molecule has 2 fully saturated rings. The molecule has 5 heteroatoms. The minimum absolute atomic E-state index is 0.572. The van der Waals surface area contributed by atoms with Crippen LogP contribution in [0, 0.1) is 0 Å². The van der Waals surface area contributed by atoms with E-state index in [1.54, 1.807) is 26.5 Å². The average molecular weight is 398 g/mol. The van der Waals surface area contributed by atoms with Crippen LogP contribution >= 0.6 is 0 Å². The van der Waals surface area contributed by atoms with Gasteiger partial charge in [0.1, 0.15) is 17.3 Å². The van der Waals surface area contributed by atoms with E-state index in [1.165, 1.54) is 63.6 Å². The molecule has 0 unspecified atom stereocenters. The van der Waals surface area contributed by atoms with Crippen molar-refractivity contribution in [3.63, 3.8) is 0 Å². The molecule has 1 saturated heterocycles. The van der Waals surface area contributed by atoms with E-state index in [0.717, 1.165) is 17.5 Å². The molecule has 0 bridgehead atoms. The normalized spacial score (nSPS) is 22.3. The second-order valence-corrected chi connectivity index (χ2v) is 7.93. The highest BCUT2D eigenvalue weighted by Gasteiger charge is 2.30. The lowest BCUT2D eigenvalue weighted by Gasteiger charge is -2.39. The van der Waals surface area contributed by atoms with E-state index in [1.807, 2.05) is 18.2 Å². The lowest BCUT2D eigenvalue weighted by molar-refractivity contribution is 0.124. The monoisotopic (exact) mass is 397 g/mol. The van der Waals surface area contributed by atoms with Gasteiger partial charge >= 0.3 is 0 Å². The Morgan fingerprint density at radius 2 is 1.52 bits per heavy atom. The second kappa shape index (κ2) is 11.1. The first-order chi connectivity index (χ1) is 14.2. The van der Waals surface area contributed by atoms with Crippen LogP contribution in [0.2, 0.25) is 0 Å². The molecule has 2 heterocycles. The van der Waals surface area contributed by atoms with E-state index in [9.17, 15) is 0 Å². The Balaban J connectivity index is 0.000000290. The van der Waals surface area contributed by atoms with Crippen LogP contribution in [0.3, 0.4) is 0 Å². The minimum Gasteiger partial charge on any atom is -0.496 e. The van der Waals surface area contributed by atoms with Gasteiger partial charge in [0.2, 0.25) is 0 Å². The van der Waals surface area contributed by atoms with Crippen molar-refractivity contribution >= 4 is 5.82 Å². The zero-order valence-electron chi connectivity index (χ0n) is 17.8. The van der Waals surface area contributed by atoms with E-state index in [-0.39, 0.29) is 0 Å². The van der Waals surface area contributed by atoms with Crippen molar-refractivity contribution in [2.75, 3.05) is 33.0 Å². The summed E-state index contributed by atoms with van der Waals surface area (Å²) in [5.74, 6) is 3.12. The minimum atomic E-state index is 0.572. The molecule has 0 radical (unpaired) electrons. The maximum Gasteiger partial charge on any atom is 0.126 e. The first-order valence-electron chi connectivity index (χ1n) is 10.8. The van der Waals surface area contributed by atoms with Gasteiger partial charge in [0.05, 0.1) is 14.2 Å². The topological polar surface area (TPSA) is 60.6 Å². The molecule has 29 heavy (non-hydrogen) atoms. The molecule has 1 aromatic heterocycles. The molecule has 4 rings (SSSR count). The van der Waals surface area contributed by atoms with Gasteiger partial charge in [-0.05, 0) is 81.8 Å². The molecule has 158 valence electrons. The molecule has 2 aromatic rings. The number of nitrogens with two attached hydrogens (primary N) is 1. The fourth-order valence-electron chi connectivity index (χ4n) is 4.67. The summed E-state index contributed by atoms with van der Waals surface area (Å²) in [6.45, 7) is 2.63. The molecule has 5 nitrogen and oxygen atoms in total. The summed E-state index contributed by atoms with van der Waals surface area (Å²) in [4.78, 5) is 6.49. The van der Waals surface area contributed by atoms with E-state index >= 15 is 0 Å². The van der Waals surface area contributed by atoms with Crippen molar-refractivity contribution in [3.8, 4) is 11.5 Å². The number of likely N-dealkylation sites (tertiary alicyclic amines) is 1. The van der Waals surface area contributed by atoms with E-state index in [4.69, 9.17) is 15.2 Å². The van der Waals surface area contributed by atoms with Gasteiger partial charge in [0.25, 0.3) is 0 Å². The predicted molar refractivity (Wildman–Crippen MR) is 119 cm³/mol. The summed E-state index contributed by atoms with van der Waals surface area (Å²) in [5.41, 5.74) is 6.53. The zero-order chi connectivity index (χ0) is 20.5. The number of aromatic nitrogens is 1. The smallest absolute Gasteiger partial charge is 0.126 e. The molecule has 2 aliphatic rings. The molecule has 1 aliphatic heterocycles. The third-order valence-corrected chi connectivity index (χ3v) is 6.17. The van der Waals surface area contributed by atoms with Gasteiger partial charge in [-0.2, -0.15) is 0 Å². The molecule has 1 aliphatic carbocycles. The maximum atomic E-state index is 5.59. The molecule has 0 spiro atoms. The number of rotatable bonds is 4. The van der Waals surface area contributed by atoms with Gasteiger partial charge in [-0.1, -0.05) is 18.6 Å². The van der Waals surface area contributed by atoms with Crippen LogP contribution < -0.4 is 15.2 Å². The lowest BCUT2D eigenvalue weighted by atomic mass is 9.80. The number of nitrogen functional groups attached to an aromatic ring is 1. The third-order valence-electron chi connectivity index (χ3n) is 6.17. The summed E-state index contributed by atoms with van der Waals surface area (Å²) in [7, 11) is 3.52. The Labute approximate surface area is 175 Å². The lowest BCUT2D eigenvalue weighted by Crippen LogP contribution is -2.41. The number of hydrogen-bond acceptors (Lipinski definition) is 5. The van der Waals surface area contributed by atoms with Gasteiger partial charge in [-0.15, -0.1) is 0 Å². The summed E-state index contributed by atoms with van der Waals surface area (Å²) in [6, 6.07) is 12.4. The molecular weight excluding hydrogens is 362 g/mol. The van der Waals surface area contributed by atoms with Crippen molar-refractivity contribution in [1.82, 2.24) is 9.88 Å². The van der Waals surface area contributed by atoms with Crippen LogP contribution in [0.15, 0.2) is 42.6 Å². The van der Waals surface area contributed by atoms with Crippen molar-refractivity contribution < 1.29 is 9.47 Å². The number of ether oxygens (including phenoxy) is 2. The first kappa shape index (κ1) is 21.4. The van der Waals surface area contributed by atoms with E-state index in [0.29, 0.717) is 11.7 Å². The maximum absolute atomic E-state index is 5.59. The summed E-state index contributed by atoms with van der Waals surface area (Å²) in [5, 5.41) is 0. The molecule has 0 atom stereocenters. The Hall–Kier alpha value is -2.27. The summed E-state index contributed by atoms with van der Waals surface area (Å²) >= 11 is 0. The highest BCUT2D eigenvalue weighted by atomic mass is 16.5. The fraction of sp³-hybridized carbons (Fsp3) is 0.542. The van der Waals surface area contributed by atoms with Crippen molar-refractivity contribution in [2.45, 2.75) is 56.9 Å². The highest BCUT2D eigenvalue weighted by molar-refractivity contribution is 5.47. The van der Waals surface area contributed by atoms with E-state index < -0.39 is 0 Å². The molecule has 2 N–H and O–H groups in total. The molecule has 1 aromatic carbocycles. The molecule has 1 saturated carbocycles. The Bertz CT molecular complexity index is 702. The van der Waals surface area contributed by atoms with Crippen LogP contribution in [0.25, 0.3) is 0 Å². The summed E-state index contributed by atoms with van der Waals surface area (Å²) in [6.07, 6.45) is 11.0. The average Bonchev–Trinajstić information content (AvgIpc) is 2.80. The van der Waals surface area contributed by atoms with Crippen LogP contribution in [0.5, 0.6) is 11.5 Å².